The van der Waals surface area contributed by atoms with Gasteiger partial charge in [0.25, 0.3) is 17.2 Å². The van der Waals surface area contributed by atoms with Crippen molar-refractivity contribution in [2.24, 2.45) is 0 Å². The van der Waals surface area contributed by atoms with Crippen LogP contribution in [0.15, 0.2) is 71.5 Å². The first-order valence-electron chi connectivity index (χ1n) is 10.5. The largest absolute Gasteiger partial charge is 0.322 e. The number of hydrogen-bond acceptors (Lipinski definition) is 4. The SMILES string of the molecule is Cc1ccc2[nH]c(=O)c(CN(C(=O)c3cccc([N+](=O)[O-])c3)c3ccc(C)c(C)c3)cc2c1. The first kappa shape index (κ1) is 22.0. The number of carbonyl (C=O) groups is 1. The molecule has 166 valence electrons. The second kappa shape index (κ2) is 8.70. The lowest BCUT2D eigenvalue weighted by atomic mass is 10.1. The zero-order valence-corrected chi connectivity index (χ0v) is 18.6. The summed E-state index contributed by atoms with van der Waals surface area (Å²) in [6.45, 7) is 5.91. The molecule has 1 heterocycles. The number of nitro benzene ring substituents is 1. The molecule has 4 rings (SSSR count). The normalized spacial score (nSPS) is 10.9. The number of non-ortho nitro benzene ring substituents is 1. The molecular weight excluding hydrogens is 418 g/mol. The molecule has 1 amide bonds. The van der Waals surface area contributed by atoms with E-state index < -0.39 is 10.8 Å². The molecule has 0 unspecified atom stereocenters. The summed E-state index contributed by atoms with van der Waals surface area (Å²) in [4.78, 5) is 41.4. The molecule has 1 aromatic heterocycles. The van der Waals surface area contributed by atoms with Crippen LogP contribution in [-0.4, -0.2) is 15.8 Å². The van der Waals surface area contributed by atoms with Gasteiger partial charge >= 0.3 is 0 Å². The molecular formula is C26H23N3O4. The van der Waals surface area contributed by atoms with Gasteiger partial charge in [-0.15, -0.1) is 0 Å². The summed E-state index contributed by atoms with van der Waals surface area (Å²) in [5.74, 6) is -0.425. The van der Waals surface area contributed by atoms with Gasteiger partial charge in [-0.25, -0.2) is 0 Å². The molecule has 0 fully saturated rings. The van der Waals surface area contributed by atoms with E-state index in [9.17, 15) is 19.7 Å². The molecule has 0 aliphatic rings. The molecule has 0 aliphatic heterocycles. The van der Waals surface area contributed by atoms with Crippen LogP contribution >= 0.6 is 0 Å². The van der Waals surface area contributed by atoms with Gasteiger partial charge < -0.3 is 9.88 Å². The number of H-pyrrole nitrogens is 1. The molecule has 33 heavy (non-hydrogen) atoms. The van der Waals surface area contributed by atoms with Gasteiger partial charge in [0.15, 0.2) is 0 Å². The lowest BCUT2D eigenvalue weighted by Gasteiger charge is -2.24. The van der Waals surface area contributed by atoms with E-state index in [-0.39, 0.29) is 23.4 Å². The quantitative estimate of drug-likeness (QED) is 0.340. The number of pyridine rings is 1. The maximum Gasteiger partial charge on any atom is 0.270 e. The number of aromatic amines is 1. The van der Waals surface area contributed by atoms with Crippen LogP contribution in [0.5, 0.6) is 0 Å². The first-order chi connectivity index (χ1) is 15.7. The van der Waals surface area contributed by atoms with E-state index >= 15 is 0 Å². The van der Waals surface area contributed by atoms with Crippen LogP contribution in [0.3, 0.4) is 0 Å². The predicted molar refractivity (Wildman–Crippen MR) is 129 cm³/mol. The summed E-state index contributed by atoms with van der Waals surface area (Å²) >= 11 is 0. The molecule has 0 radical (unpaired) electrons. The number of hydrogen-bond donors (Lipinski definition) is 1. The number of carbonyl (C=O) groups excluding carboxylic acids is 1. The molecule has 0 aliphatic carbocycles. The molecule has 7 nitrogen and oxygen atoms in total. The average molecular weight is 441 g/mol. The minimum absolute atomic E-state index is 0.0171. The Bertz CT molecular complexity index is 1460. The van der Waals surface area contributed by atoms with Gasteiger partial charge in [-0.05, 0) is 73.7 Å². The van der Waals surface area contributed by atoms with Crippen LogP contribution < -0.4 is 10.5 Å². The number of anilines is 1. The lowest BCUT2D eigenvalue weighted by molar-refractivity contribution is -0.384. The lowest BCUT2D eigenvalue weighted by Crippen LogP contribution is -2.33. The van der Waals surface area contributed by atoms with E-state index in [2.05, 4.69) is 4.98 Å². The van der Waals surface area contributed by atoms with E-state index in [4.69, 9.17) is 0 Å². The Morgan fingerprint density at radius 2 is 1.76 bits per heavy atom. The number of rotatable bonds is 5. The summed E-state index contributed by atoms with van der Waals surface area (Å²) in [5, 5.41) is 12.1. The fourth-order valence-electron chi connectivity index (χ4n) is 3.74. The van der Waals surface area contributed by atoms with E-state index in [1.165, 1.54) is 29.2 Å². The standard InChI is InChI=1S/C26H23N3O4/c1-16-7-10-24-20(11-16)13-21(25(30)27-24)15-28(22-9-8-17(2)18(3)12-22)26(31)19-5-4-6-23(14-19)29(32)33/h4-14H,15H2,1-3H3,(H,27,30). The highest BCUT2D eigenvalue weighted by Gasteiger charge is 2.22. The summed E-state index contributed by atoms with van der Waals surface area (Å²) in [6, 6.07) is 18.8. The van der Waals surface area contributed by atoms with Crippen LogP contribution in [0.25, 0.3) is 10.9 Å². The van der Waals surface area contributed by atoms with Crippen LogP contribution in [0.1, 0.15) is 32.6 Å². The van der Waals surface area contributed by atoms with Gasteiger partial charge in [0.1, 0.15) is 0 Å². The van der Waals surface area contributed by atoms with Crippen molar-refractivity contribution in [1.82, 2.24) is 4.98 Å². The molecule has 7 heteroatoms. The van der Waals surface area contributed by atoms with Crippen molar-refractivity contribution in [3.05, 3.63) is 115 Å². The van der Waals surface area contributed by atoms with Crippen molar-refractivity contribution in [2.75, 3.05) is 4.90 Å². The van der Waals surface area contributed by atoms with E-state index in [0.29, 0.717) is 11.3 Å². The number of nitrogens with one attached hydrogen (secondary N) is 1. The molecule has 4 aromatic rings. The van der Waals surface area contributed by atoms with Gasteiger partial charge in [0.2, 0.25) is 0 Å². The Morgan fingerprint density at radius 1 is 0.970 bits per heavy atom. The van der Waals surface area contributed by atoms with Crippen molar-refractivity contribution >= 4 is 28.2 Å². The molecule has 0 bridgehead atoms. The third-order valence-corrected chi connectivity index (χ3v) is 5.76. The Hall–Kier alpha value is -4.26. The van der Waals surface area contributed by atoms with Crippen molar-refractivity contribution in [3.8, 4) is 0 Å². The van der Waals surface area contributed by atoms with E-state index in [1.807, 2.05) is 57.2 Å². The van der Waals surface area contributed by atoms with Crippen molar-refractivity contribution in [2.45, 2.75) is 27.3 Å². The summed E-state index contributed by atoms with van der Waals surface area (Å²) in [7, 11) is 0. The van der Waals surface area contributed by atoms with Crippen molar-refractivity contribution < 1.29 is 9.72 Å². The highest BCUT2D eigenvalue weighted by molar-refractivity contribution is 6.06. The molecule has 0 saturated carbocycles. The second-order valence-corrected chi connectivity index (χ2v) is 8.18. The molecule has 0 spiro atoms. The minimum Gasteiger partial charge on any atom is -0.322 e. The first-order valence-corrected chi connectivity index (χ1v) is 10.5. The van der Waals surface area contributed by atoms with Crippen LogP contribution in [-0.2, 0) is 6.54 Å². The maximum atomic E-state index is 13.5. The third-order valence-electron chi connectivity index (χ3n) is 5.76. The summed E-state index contributed by atoms with van der Waals surface area (Å²) < 4.78 is 0. The number of nitro groups is 1. The monoisotopic (exact) mass is 441 g/mol. The fourth-order valence-corrected chi connectivity index (χ4v) is 3.74. The molecule has 0 saturated heterocycles. The van der Waals surface area contributed by atoms with Crippen molar-refractivity contribution in [1.29, 1.82) is 0 Å². The van der Waals surface area contributed by atoms with Crippen LogP contribution in [0.2, 0.25) is 0 Å². The topological polar surface area (TPSA) is 96.3 Å². The van der Waals surface area contributed by atoms with Gasteiger partial charge in [-0.1, -0.05) is 23.8 Å². The number of benzene rings is 3. The van der Waals surface area contributed by atoms with Gasteiger partial charge in [-0.2, -0.15) is 0 Å². The Morgan fingerprint density at radius 3 is 2.48 bits per heavy atom. The highest BCUT2D eigenvalue weighted by Crippen LogP contribution is 2.25. The van der Waals surface area contributed by atoms with Crippen LogP contribution in [0, 0.1) is 30.9 Å². The Kier molecular flexibility index (Phi) is 5.79. The number of fused-ring (bicyclic) bond motifs is 1. The minimum atomic E-state index is -0.534. The van der Waals surface area contributed by atoms with Gasteiger partial charge in [-0.3, -0.25) is 19.7 Å². The molecule has 3 aromatic carbocycles. The predicted octanol–water partition coefficient (Wildman–Crippen LogP) is 5.21. The zero-order valence-electron chi connectivity index (χ0n) is 18.6. The van der Waals surface area contributed by atoms with Gasteiger partial charge in [0.05, 0.1) is 11.5 Å². The summed E-state index contributed by atoms with van der Waals surface area (Å²) in [6.07, 6.45) is 0. The number of nitrogens with zero attached hydrogens (tertiary/aromatic N) is 2. The average Bonchev–Trinajstić information content (AvgIpc) is 2.79. The van der Waals surface area contributed by atoms with Crippen LogP contribution in [0.4, 0.5) is 11.4 Å². The summed E-state index contributed by atoms with van der Waals surface area (Å²) in [5.41, 5.74) is 4.59. The van der Waals surface area contributed by atoms with E-state index in [1.54, 1.807) is 6.07 Å². The zero-order chi connectivity index (χ0) is 23.7. The fraction of sp³-hybridized carbons (Fsp3) is 0.154. The van der Waals surface area contributed by atoms with Gasteiger partial charge in [0, 0.05) is 34.5 Å². The maximum absolute atomic E-state index is 13.5. The number of aryl methyl sites for hydroxylation is 3. The Labute approximate surface area is 190 Å². The number of aromatic nitrogens is 1. The Balaban J connectivity index is 1.82. The second-order valence-electron chi connectivity index (χ2n) is 8.18. The third kappa shape index (κ3) is 4.52. The van der Waals surface area contributed by atoms with E-state index in [0.717, 1.165) is 27.6 Å². The molecule has 1 N–H and O–H groups in total. The smallest absolute Gasteiger partial charge is 0.270 e. The molecule has 0 atom stereocenters. The van der Waals surface area contributed by atoms with Crippen molar-refractivity contribution in [3.63, 3.8) is 0 Å². The highest BCUT2D eigenvalue weighted by atomic mass is 16.6. The number of amides is 1.